The van der Waals surface area contributed by atoms with E-state index in [-0.39, 0.29) is 0 Å². The SMILES string of the molecule is COCCn1ccc2cc(Br)ccc21. The monoisotopic (exact) mass is 253 g/mol. The lowest BCUT2D eigenvalue weighted by molar-refractivity contribution is 0.188. The van der Waals surface area contributed by atoms with E-state index >= 15 is 0 Å². The van der Waals surface area contributed by atoms with Crippen molar-refractivity contribution in [3.63, 3.8) is 0 Å². The Kier molecular flexibility index (Phi) is 2.89. The van der Waals surface area contributed by atoms with Gasteiger partial charge in [-0.15, -0.1) is 0 Å². The first-order valence-corrected chi connectivity index (χ1v) is 5.34. The third kappa shape index (κ3) is 1.83. The summed E-state index contributed by atoms with van der Waals surface area (Å²) in [5.74, 6) is 0. The van der Waals surface area contributed by atoms with E-state index in [4.69, 9.17) is 4.74 Å². The Morgan fingerprint density at radius 3 is 3.00 bits per heavy atom. The molecule has 0 saturated heterocycles. The van der Waals surface area contributed by atoms with Gasteiger partial charge in [-0.2, -0.15) is 0 Å². The van der Waals surface area contributed by atoms with Gasteiger partial charge in [0.1, 0.15) is 0 Å². The fraction of sp³-hybridized carbons (Fsp3) is 0.273. The molecular formula is C11H12BrNO. The molecule has 0 fully saturated rings. The minimum absolute atomic E-state index is 0.750. The van der Waals surface area contributed by atoms with Gasteiger partial charge in [-0.3, -0.25) is 0 Å². The molecular weight excluding hydrogens is 242 g/mol. The van der Waals surface area contributed by atoms with Crippen LogP contribution in [0.25, 0.3) is 10.9 Å². The van der Waals surface area contributed by atoms with Gasteiger partial charge < -0.3 is 9.30 Å². The highest BCUT2D eigenvalue weighted by atomic mass is 79.9. The summed E-state index contributed by atoms with van der Waals surface area (Å²) >= 11 is 3.46. The number of fused-ring (bicyclic) bond motifs is 1. The van der Waals surface area contributed by atoms with Crippen LogP contribution in [0.15, 0.2) is 34.9 Å². The molecule has 0 aliphatic carbocycles. The van der Waals surface area contributed by atoms with Crippen molar-refractivity contribution in [1.82, 2.24) is 4.57 Å². The van der Waals surface area contributed by atoms with Gasteiger partial charge in [0, 0.05) is 35.2 Å². The van der Waals surface area contributed by atoms with E-state index in [9.17, 15) is 0 Å². The van der Waals surface area contributed by atoms with Crippen LogP contribution in [-0.2, 0) is 11.3 Å². The molecule has 1 heterocycles. The van der Waals surface area contributed by atoms with Crippen molar-refractivity contribution in [3.05, 3.63) is 34.9 Å². The molecule has 1 aromatic carbocycles. The van der Waals surface area contributed by atoms with Gasteiger partial charge in [-0.25, -0.2) is 0 Å². The number of hydrogen-bond donors (Lipinski definition) is 0. The molecule has 0 unspecified atom stereocenters. The van der Waals surface area contributed by atoms with E-state index in [0.29, 0.717) is 0 Å². The molecule has 0 amide bonds. The van der Waals surface area contributed by atoms with Crippen LogP contribution in [-0.4, -0.2) is 18.3 Å². The van der Waals surface area contributed by atoms with E-state index in [2.05, 4.69) is 51.0 Å². The Morgan fingerprint density at radius 1 is 1.36 bits per heavy atom. The number of halogens is 1. The molecule has 0 aliphatic heterocycles. The van der Waals surface area contributed by atoms with E-state index < -0.39 is 0 Å². The summed E-state index contributed by atoms with van der Waals surface area (Å²) in [4.78, 5) is 0. The molecule has 1 aromatic heterocycles. The van der Waals surface area contributed by atoms with Crippen LogP contribution in [0.3, 0.4) is 0 Å². The summed E-state index contributed by atoms with van der Waals surface area (Å²) in [6, 6.07) is 8.43. The van der Waals surface area contributed by atoms with Crippen molar-refractivity contribution in [2.75, 3.05) is 13.7 Å². The van der Waals surface area contributed by atoms with Crippen molar-refractivity contribution in [1.29, 1.82) is 0 Å². The van der Waals surface area contributed by atoms with Gasteiger partial charge in [0.2, 0.25) is 0 Å². The largest absolute Gasteiger partial charge is 0.383 e. The predicted molar refractivity (Wildman–Crippen MR) is 61.5 cm³/mol. The number of rotatable bonds is 3. The standard InChI is InChI=1S/C11H12BrNO/c1-14-7-6-13-5-4-9-8-10(12)2-3-11(9)13/h2-5,8H,6-7H2,1H3. The van der Waals surface area contributed by atoms with Gasteiger partial charge >= 0.3 is 0 Å². The van der Waals surface area contributed by atoms with Crippen LogP contribution in [0, 0.1) is 0 Å². The van der Waals surface area contributed by atoms with E-state index in [1.54, 1.807) is 7.11 Å². The lowest BCUT2D eigenvalue weighted by atomic mass is 10.2. The molecule has 2 aromatic rings. The van der Waals surface area contributed by atoms with Gasteiger partial charge in [-0.05, 0) is 24.3 Å². The normalized spacial score (nSPS) is 11.0. The average Bonchev–Trinajstić information content (AvgIpc) is 2.57. The first-order chi connectivity index (χ1) is 6.81. The highest BCUT2D eigenvalue weighted by molar-refractivity contribution is 9.10. The van der Waals surface area contributed by atoms with Crippen molar-refractivity contribution in [3.8, 4) is 0 Å². The molecule has 0 saturated carbocycles. The highest BCUT2D eigenvalue weighted by Crippen LogP contribution is 2.20. The number of methoxy groups -OCH3 is 1. The maximum Gasteiger partial charge on any atom is 0.0641 e. The minimum Gasteiger partial charge on any atom is -0.383 e. The quantitative estimate of drug-likeness (QED) is 0.821. The predicted octanol–water partition coefficient (Wildman–Crippen LogP) is 3.05. The maximum atomic E-state index is 5.06. The van der Waals surface area contributed by atoms with Crippen LogP contribution < -0.4 is 0 Å². The molecule has 74 valence electrons. The smallest absolute Gasteiger partial charge is 0.0641 e. The summed E-state index contributed by atoms with van der Waals surface area (Å²) in [6.45, 7) is 1.65. The van der Waals surface area contributed by atoms with Gasteiger partial charge in [0.25, 0.3) is 0 Å². The lowest BCUT2D eigenvalue weighted by Gasteiger charge is -2.03. The maximum absolute atomic E-state index is 5.06. The summed E-state index contributed by atoms with van der Waals surface area (Å²) in [5, 5.41) is 1.26. The second-order valence-electron chi connectivity index (χ2n) is 3.21. The molecule has 0 spiro atoms. The van der Waals surface area contributed by atoms with Crippen LogP contribution >= 0.6 is 15.9 Å². The Labute approximate surface area is 91.6 Å². The zero-order valence-corrected chi connectivity index (χ0v) is 9.62. The van der Waals surface area contributed by atoms with Gasteiger partial charge in [-0.1, -0.05) is 15.9 Å². The lowest BCUT2D eigenvalue weighted by Crippen LogP contribution is -2.02. The Morgan fingerprint density at radius 2 is 2.21 bits per heavy atom. The van der Waals surface area contributed by atoms with Gasteiger partial charge in [0.15, 0.2) is 0 Å². The fourth-order valence-electron chi connectivity index (χ4n) is 1.56. The number of hydrogen-bond acceptors (Lipinski definition) is 1. The van der Waals surface area contributed by atoms with Crippen LogP contribution in [0.4, 0.5) is 0 Å². The summed E-state index contributed by atoms with van der Waals surface area (Å²) in [7, 11) is 1.72. The number of aromatic nitrogens is 1. The van der Waals surface area contributed by atoms with Crippen molar-refractivity contribution >= 4 is 26.8 Å². The summed E-state index contributed by atoms with van der Waals surface area (Å²) < 4.78 is 8.38. The zero-order chi connectivity index (χ0) is 9.97. The van der Waals surface area contributed by atoms with E-state index in [0.717, 1.165) is 17.6 Å². The molecule has 0 bridgehead atoms. The Hall–Kier alpha value is -0.800. The molecule has 0 N–H and O–H groups in total. The molecule has 2 nitrogen and oxygen atoms in total. The first kappa shape index (κ1) is 9.74. The average molecular weight is 254 g/mol. The highest BCUT2D eigenvalue weighted by Gasteiger charge is 2.00. The Balaban J connectivity index is 2.37. The van der Waals surface area contributed by atoms with Crippen LogP contribution in [0.5, 0.6) is 0 Å². The Bertz CT molecular complexity index is 436. The number of benzene rings is 1. The van der Waals surface area contributed by atoms with Crippen molar-refractivity contribution in [2.45, 2.75) is 6.54 Å². The number of nitrogens with zero attached hydrogens (tertiary/aromatic N) is 1. The molecule has 0 aliphatic rings. The molecule has 0 radical (unpaired) electrons. The third-order valence-electron chi connectivity index (χ3n) is 2.27. The second kappa shape index (κ2) is 4.15. The fourth-order valence-corrected chi connectivity index (χ4v) is 1.93. The molecule has 0 atom stereocenters. The van der Waals surface area contributed by atoms with Crippen LogP contribution in [0.1, 0.15) is 0 Å². The molecule has 2 rings (SSSR count). The van der Waals surface area contributed by atoms with Crippen LogP contribution in [0.2, 0.25) is 0 Å². The van der Waals surface area contributed by atoms with Crippen molar-refractivity contribution < 1.29 is 4.74 Å². The molecule has 3 heteroatoms. The summed E-state index contributed by atoms with van der Waals surface area (Å²) in [6.07, 6.45) is 2.09. The summed E-state index contributed by atoms with van der Waals surface area (Å²) in [5.41, 5.74) is 1.25. The second-order valence-corrected chi connectivity index (χ2v) is 4.12. The van der Waals surface area contributed by atoms with Crippen molar-refractivity contribution in [2.24, 2.45) is 0 Å². The minimum atomic E-state index is 0.750. The van der Waals surface area contributed by atoms with Gasteiger partial charge in [0.05, 0.1) is 6.61 Å². The molecule has 14 heavy (non-hydrogen) atoms. The van der Waals surface area contributed by atoms with E-state index in [1.165, 1.54) is 10.9 Å². The first-order valence-electron chi connectivity index (χ1n) is 4.54. The zero-order valence-electron chi connectivity index (χ0n) is 8.03. The third-order valence-corrected chi connectivity index (χ3v) is 2.76. The topological polar surface area (TPSA) is 14.2 Å². The van der Waals surface area contributed by atoms with E-state index in [1.807, 2.05) is 0 Å². The number of ether oxygens (including phenoxy) is 1.